The Bertz CT molecular complexity index is 2370. The minimum Gasteiger partial charge on any atom is -0.870 e. The number of imidazole rings is 3. The van der Waals surface area contributed by atoms with Crippen molar-refractivity contribution >= 4 is 116 Å². The van der Waals surface area contributed by atoms with Gasteiger partial charge in [-0.05, 0) is 85.5 Å². The van der Waals surface area contributed by atoms with Gasteiger partial charge in [0, 0.05) is 11.1 Å². The maximum absolute atomic E-state index is 11.6. The molecule has 7 rings (SSSR count). The van der Waals surface area contributed by atoms with E-state index in [1.807, 2.05) is 27.7 Å². The molecular weight excluding hydrogens is 1020 g/mol. The van der Waals surface area contributed by atoms with Crippen molar-refractivity contribution in [3.05, 3.63) is 125 Å². The third-order valence-electron chi connectivity index (χ3n) is 8.75. The fraction of sp³-hybridized carbons (Fsp3) is 0.231. The molecule has 4 heterocycles. The van der Waals surface area contributed by atoms with Crippen molar-refractivity contribution in [3.63, 3.8) is 0 Å². The Morgan fingerprint density at radius 2 is 0.969 bits per heavy atom. The first-order valence-corrected chi connectivity index (χ1v) is 20.1. The van der Waals surface area contributed by atoms with Crippen molar-refractivity contribution in [2.75, 3.05) is 14.2 Å². The smallest absolute Gasteiger partial charge is 0.870 e. The molecule has 0 aliphatic carbocycles. The van der Waals surface area contributed by atoms with E-state index in [1.165, 1.54) is 32.7 Å². The molecular formula is C39H41BBrCl6LiN6O10. The van der Waals surface area contributed by atoms with E-state index in [1.54, 1.807) is 55.5 Å². The van der Waals surface area contributed by atoms with E-state index >= 15 is 0 Å². The molecule has 0 saturated carbocycles. The van der Waals surface area contributed by atoms with E-state index in [9.17, 15) is 14.4 Å². The number of esters is 2. The average Bonchev–Trinajstić information content (AvgIpc) is 4.01. The van der Waals surface area contributed by atoms with Crippen molar-refractivity contribution in [1.29, 1.82) is 0 Å². The number of carboxylic acid groups (broad SMARTS) is 1. The molecule has 3 aromatic carbocycles. The minimum atomic E-state index is -1.15. The first kappa shape index (κ1) is 60.4. The van der Waals surface area contributed by atoms with Crippen LogP contribution in [0.3, 0.4) is 0 Å². The largest absolute Gasteiger partial charge is 1.00 e. The first-order valence-electron chi connectivity index (χ1n) is 17.0. The minimum absolute atomic E-state index is 0. The van der Waals surface area contributed by atoms with Crippen molar-refractivity contribution in [2.45, 2.75) is 46.3 Å². The molecule has 3 aromatic heterocycles. The van der Waals surface area contributed by atoms with Crippen LogP contribution in [0.1, 0.15) is 66.2 Å². The molecule has 1 aliphatic rings. The van der Waals surface area contributed by atoms with Gasteiger partial charge in [0.25, 0.3) is 0 Å². The standard InChI is InChI=1S/C14H17BCl2O4.C11H8Cl2N2O2.C10H6Cl2N2O2.C3H3BrN2.CH4.Li.2H2O/c1-13(2)14(3,4)21-15(20-13)8-6-9(16)11(10(17)7-8)12(18)19-5;1-17-11(16)10-7(12)2-6(3-8(10)13)9-4-14-5-15-9;11-6-1-5(8-3-13-4-14-8)2-7(12)9(6)10(15)16;4-3-1-5-2-6-3;;;;/h6-7H,1-5H3;2-5H,1H3,(H,14,15);1-4H,(H,13,14)(H,15,16);1-2H,(H,5,6);1H4;;2*1H2/q;;;;;+1;;/p-1. The summed E-state index contributed by atoms with van der Waals surface area (Å²) in [6.07, 6.45) is 9.61. The molecule has 1 saturated heterocycles. The topological polar surface area (TPSA) is 256 Å². The number of benzene rings is 3. The second kappa shape index (κ2) is 26.5. The SMILES string of the molecule is Brc1cnc[nH]1.C.COC(=O)c1c(Cl)cc(-c2cnc[nH]2)cc1Cl.COC(=O)c1c(Cl)cc(B2OC(C)(C)C(C)(C)O2)cc1Cl.O.O=C(O)c1c(Cl)cc(-c2cnc[nH]2)cc1Cl.[Li+].[OH-]. The van der Waals surface area contributed by atoms with Gasteiger partial charge < -0.3 is 49.8 Å². The second-order valence-electron chi connectivity index (χ2n) is 13.2. The monoisotopic (exact) mass is 1060 g/mol. The number of aromatic nitrogens is 6. The second-order valence-corrected chi connectivity index (χ2v) is 16.5. The zero-order chi connectivity index (χ0) is 44.5. The number of hydrogen-bond donors (Lipinski definition) is 4. The number of carbonyl (C=O) groups is 3. The van der Waals surface area contributed by atoms with Crippen LogP contribution in [0, 0.1) is 0 Å². The number of methoxy groups -OCH3 is 2. The third kappa shape index (κ3) is 15.2. The fourth-order valence-corrected chi connectivity index (χ4v) is 7.20. The Morgan fingerprint density at radius 3 is 1.23 bits per heavy atom. The van der Waals surface area contributed by atoms with Crippen LogP contribution in [0.5, 0.6) is 0 Å². The number of hydrogen-bond acceptors (Lipinski definition) is 11. The molecule has 0 atom stereocenters. The van der Waals surface area contributed by atoms with Gasteiger partial charge in [0.05, 0.1) is 121 Å². The maximum atomic E-state index is 11.6. The number of nitrogens with one attached hydrogen (secondary N) is 3. The van der Waals surface area contributed by atoms with Gasteiger partial charge in [0.2, 0.25) is 0 Å². The Kier molecular flexibility index (Phi) is 25.1. The van der Waals surface area contributed by atoms with Crippen LogP contribution < -0.4 is 24.3 Å². The number of nitrogens with zero attached hydrogens (tertiary/aromatic N) is 3. The fourth-order valence-electron chi connectivity index (χ4n) is 5.03. The molecule has 0 amide bonds. The van der Waals surface area contributed by atoms with E-state index in [0.29, 0.717) is 11.0 Å². The Balaban J connectivity index is 0.000000852. The van der Waals surface area contributed by atoms with E-state index in [-0.39, 0.29) is 84.1 Å². The van der Waals surface area contributed by atoms with Crippen LogP contribution >= 0.6 is 85.5 Å². The summed E-state index contributed by atoms with van der Waals surface area (Å²) in [5.41, 5.74) is 2.90. The summed E-state index contributed by atoms with van der Waals surface area (Å²) in [6.45, 7) is 7.83. The quantitative estimate of drug-likeness (QED) is 0.0959. The van der Waals surface area contributed by atoms with Crippen molar-refractivity contribution < 1.29 is 68.1 Å². The number of carbonyl (C=O) groups excluding carboxylic acids is 2. The molecule has 7 N–H and O–H groups in total. The van der Waals surface area contributed by atoms with E-state index < -0.39 is 36.2 Å². The van der Waals surface area contributed by atoms with Crippen LogP contribution in [0.4, 0.5) is 0 Å². The summed E-state index contributed by atoms with van der Waals surface area (Å²) in [5.74, 6) is -2.28. The van der Waals surface area contributed by atoms with Crippen molar-refractivity contribution in [2.24, 2.45) is 0 Å². The molecule has 64 heavy (non-hydrogen) atoms. The Labute approximate surface area is 419 Å². The van der Waals surface area contributed by atoms with E-state index in [2.05, 4.69) is 55.3 Å². The number of H-pyrrole nitrogens is 3. The molecule has 25 heteroatoms. The van der Waals surface area contributed by atoms with Crippen LogP contribution in [-0.2, 0) is 18.8 Å². The number of aromatic carboxylic acids is 1. The van der Waals surface area contributed by atoms with Gasteiger partial charge >= 0.3 is 43.9 Å². The van der Waals surface area contributed by atoms with Crippen LogP contribution in [0.2, 0.25) is 30.1 Å². The number of rotatable bonds is 6. The van der Waals surface area contributed by atoms with Gasteiger partial charge in [0.15, 0.2) is 0 Å². The van der Waals surface area contributed by atoms with Gasteiger partial charge in [-0.25, -0.2) is 29.3 Å². The first-order chi connectivity index (χ1) is 28.2. The van der Waals surface area contributed by atoms with Gasteiger partial charge in [-0.1, -0.05) is 77.0 Å². The Hall–Kier alpha value is -3.58. The van der Waals surface area contributed by atoms with Crippen LogP contribution in [-0.4, -0.2) is 96.4 Å². The molecule has 0 spiro atoms. The van der Waals surface area contributed by atoms with Crippen molar-refractivity contribution in [3.8, 4) is 22.5 Å². The maximum Gasteiger partial charge on any atom is 1.00 e. The third-order valence-corrected chi connectivity index (χ3v) is 11.0. The summed E-state index contributed by atoms with van der Waals surface area (Å²) in [4.78, 5) is 54.0. The summed E-state index contributed by atoms with van der Waals surface area (Å²) in [7, 11) is 1.96. The number of halogens is 7. The average molecular weight is 1060 g/mol. The summed E-state index contributed by atoms with van der Waals surface area (Å²) in [5, 5.41) is 9.99. The predicted molar refractivity (Wildman–Crippen MR) is 248 cm³/mol. The molecule has 0 bridgehead atoms. The zero-order valence-corrected chi connectivity index (χ0v) is 40.4. The normalized spacial score (nSPS) is 12.6. The summed E-state index contributed by atoms with van der Waals surface area (Å²) in [6, 6.07) is 9.55. The van der Waals surface area contributed by atoms with Crippen molar-refractivity contribution in [1.82, 2.24) is 29.9 Å². The molecule has 1 aliphatic heterocycles. The molecule has 16 nitrogen and oxygen atoms in total. The summed E-state index contributed by atoms with van der Waals surface area (Å²) >= 11 is 39.1. The van der Waals surface area contributed by atoms with E-state index in [0.717, 1.165) is 21.6 Å². The van der Waals surface area contributed by atoms with Crippen LogP contribution in [0.25, 0.3) is 22.5 Å². The number of ether oxygens (including phenoxy) is 2. The Morgan fingerprint density at radius 1 is 0.641 bits per heavy atom. The molecule has 340 valence electrons. The molecule has 0 unspecified atom stereocenters. The van der Waals surface area contributed by atoms with Crippen LogP contribution in [0.15, 0.2) is 78.6 Å². The molecule has 1 fully saturated rings. The van der Waals surface area contributed by atoms with Gasteiger partial charge in [-0.2, -0.15) is 0 Å². The zero-order valence-electron chi connectivity index (χ0n) is 34.2. The number of aromatic amines is 3. The molecule has 6 aromatic rings. The molecule has 0 radical (unpaired) electrons. The predicted octanol–water partition coefficient (Wildman–Crippen LogP) is 7.14. The number of carboxylic acids is 1. The summed E-state index contributed by atoms with van der Waals surface area (Å²) < 4.78 is 22.0. The van der Waals surface area contributed by atoms with Gasteiger partial charge in [-0.15, -0.1) is 0 Å². The van der Waals surface area contributed by atoms with Gasteiger partial charge in [-0.3, -0.25) is 0 Å². The van der Waals surface area contributed by atoms with E-state index in [4.69, 9.17) is 84.0 Å². The van der Waals surface area contributed by atoms with Gasteiger partial charge in [0.1, 0.15) is 4.60 Å².